The van der Waals surface area contributed by atoms with Crippen molar-refractivity contribution in [3.63, 3.8) is 0 Å². The molecular weight excluding hydrogens is 711 g/mol. The van der Waals surface area contributed by atoms with E-state index >= 15 is 0 Å². The van der Waals surface area contributed by atoms with E-state index in [4.69, 9.17) is 27.4 Å². The summed E-state index contributed by atoms with van der Waals surface area (Å²) >= 11 is 0. The lowest BCUT2D eigenvalue weighted by Gasteiger charge is -2.42. The Balaban J connectivity index is 1.52. The number of rotatable bonds is 7. The Labute approximate surface area is 390 Å². The van der Waals surface area contributed by atoms with Crippen LogP contribution in [0.3, 0.4) is 0 Å². The van der Waals surface area contributed by atoms with Crippen LogP contribution in [0.4, 0.5) is 0 Å². The molecule has 0 spiro atoms. The minimum absolute atomic E-state index is 0.517. The van der Waals surface area contributed by atoms with Crippen molar-refractivity contribution < 1.29 is 56.2 Å². The van der Waals surface area contributed by atoms with Crippen LogP contribution >= 0.6 is 0 Å². The topological polar surface area (TPSA) is 48.5 Å². The number of fused-ring (bicyclic) bond motifs is 6. The number of hydrogen-bond donors (Lipinski definition) is 0. The third-order valence-electron chi connectivity index (χ3n) is 8.93. The van der Waals surface area contributed by atoms with E-state index in [0.29, 0.717) is 9.13 Å². The largest absolute Gasteiger partial charge is 0.278 e. The fourth-order valence-electron chi connectivity index (χ4n) is 6.61. The van der Waals surface area contributed by atoms with Crippen molar-refractivity contribution in [3.8, 4) is 23.3 Å². The summed E-state index contributed by atoms with van der Waals surface area (Å²) in [6, 6.07) is -40.0. The predicted molar refractivity (Wildman–Crippen MR) is 238 cm³/mol. The molecule has 1 aliphatic carbocycles. The first-order valence-corrected chi connectivity index (χ1v) is 18.4. The van der Waals surface area contributed by atoms with Gasteiger partial charge < -0.3 is 0 Å². The number of benzene rings is 7. The van der Waals surface area contributed by atoms with Gasteiger partial charge in [0, 0.05) is 42.2 Å². The van der Waals surface area contributed by atoms with Crippen LogP contribution in [0.15, 0.2) is 181 Å². The van der Waals surface area contributed by atoms with Gasteiger partial charge in [0.15, 0.2) is 13.9 Å². The van der Waals surface area contributed by atoms with E-state index in [1.807, 2.05) is 0 Å². The molecule has 57 heavy (non-hydrogen) atoms. The highest BCUT2D eigenvalue weighted by Gasteiger charge is 2.46. The molecular formula is C51H41N5Si. The van der Waals surface area contributed by atoms with Gasteiger partial charge in [-0.3, -0.25) is 9.13 Å². The minimum atomic E-state index is -7.82. The van der Waals surface area contributed by atoms with Crippen LogP contribution in [0.5, 0.6) is 0 Å². The van der Waals surface area contributed by atoms with Crippen LogP contribution in [0.1, 0.15) is 88.1 Å². The molecule has 11 rings (SSSR count). The minimum Gasteiger partial charge on any atom is -0.278 e. The zero-order valence-corrected chi connectivity index (χ0v) is 29.2. The molecule has 0 amide bonds. The number of hydrogen-bond acceptors (Lipinski definition) is 3. The summed E-state index contributed by atoms with van der Waals surface area (Å²) in [5, 5.41) is -8.43. The monoisotopic (exact) mass is 793 g/mol. The van der Waals surface area contributed by atoms with Gasteiger partial charge in [0.25, 0.3) is 0 Å². The van der Waals surface area contributed by atoms with Crippen molar-refractivity contribution in [1.82, 2.24) is 24.1 Å². The Bertz CT molecular complexity index is 4880. The second-order valence-corrected chi connectivity index (χ2v) is 15.3. The summed E-state index contributed by atoms with van der Waals surface area (Å²) in [6.07, 6.45) is -24.0. The molecule has 0 radical (unpaired) electrons. The first-order chi connectivity index (χ1) is 44.9. The molecule has 6 heteroatoms. The van der Waals surface area contributed by atoms with Gasteiger partial charge in [-0.2, -0.15) is 15.0 Å². The Morgan fingerprint density at radius 1 is 0.456 bits per heavy atom. The van der Waals surface area contributed by atoms with Crippen molar-refractivity contribution in [3.05, 3.63) is 181 Å². The summed E-state index contributed by atoms with van der Waals surface area (Å²) in [6.45, 7) is 0. The average Bonchev–Trinajstić information content (AvgIpc) is 0.787. The molecule has 1 aliphatic rings. The molecule has 0 aliphatic heterocycles. The molecule has 1 fully saturated rings. The van der Waals surface area contributed by atoms with Gasteiger partial charge in [0.05, 0.1) is 63.2 Å². The van der Waals surface area contributed by atoms with Crippen LogP contribution in [0.25, 0.3) is 66.9 Å². The zero-order valence-electron chi connectivity index (χ0n) is 69.2. The highest BCUT2D eigenvalue weighted by Crippen LogP contribution is 2.38. The lowest BCUT2D eigenvalue weighted by Crippen LogP contribution is -2.70. The van der Waals surface area contributed by atoms with Crippen LogP contribution in [-0.4, -0.2) is 32.2 Å². The van der Waals surface area contributed by atoms with Crippen molar-refractivity contribution >= 4 is 67.2 Å². The van der Waals surface area contributed by atoms with Crippen LogP contribution < -0.4 is 15.6 Å². The average molecular weight is 793 g/mol. The molecule has 3 heterocycles. The van der Waals surface area contributed by atoms with Gasteiger partial charge in [0.2, 0.25) is 11.9 Å². The van der Waals surface area contributed by atoms with Crippen molar-refractivity contribution in [2.75, 3.05) is 0 Å². The molecule has 0 bridgehead atoms. The van der Waals surface area contributed by atoms with E-state index in [2.05, 4.69) is 15.0 Å². The maximum absolute atomic E-state index is 10.9. The lowest BCUT2D eigenvalue weighted by atomic mass is 10.0. The first kappa shape index (κ1) is 11.9. The molecule has 0 saturated heterocycles. The summed E-state index contributed by atoms with van der Waals surface area (Å²) in [5.41, 5.74) is -10.1. The van der Waals surface area contributed by atoms with E-state index in [1.54, 1.807) is 0 Å². The van der Waals surface area contributed by atoms with E-state index in [9.17, 15) is 28.8 Å². The highest BCUT2D eigenvalue weighted by molar-refractivity contribution is 7.12. The molecule has 7 aromatic carbocycles. The maximum Gasteiger partial charge on any atom is 0.240 e. The van der Waals surface area contributed by atoms with Gasteiger partial charge >= 0.3 is 0 Å². The SMILES string of the molecule is [2H]c1c([2H])c([2H])c([Si](c2c([2H])c([2H])c([2H])c([2H])c2[2H])(c2c([2H])c([2H])c([2H])c(-c3nc(-n4c5c([2H])c([2H])c([2H])c([2H])c5c5c([2H])c([2H])c([2H])c([2H])c54)nc(-n4c5c([2H])c([2H])c([2H])c([2H])c5c5c([2H])c([2H])c([2H])c([2H])c54)n3)c2[2H])C2([2H])C([2H])([2H])C([2H])([2H])C([2H])([2H])C([2H])([2H])C2([2H])[2H])c([2H])c1[2H]. The quantitative estimate of drug-likeness (QED) is 0.119. The summed E-state index contributed by atoms with van der Waals surface area (Å²) in [7, 11) is -7.82. The number of para-hydroxylation sites is 4. The van der Waals surface area contributed by atoms with Gasteiger partial charge in [-0.15, -0.1) is 0 Å². The normalized spacial score (nSPS) is 29.1. The molecule has 5 nitrogen and oxygen atoms in total. The van der Waals surface area contributed by atoms with Gasteiger partial charge in [-0.1, -0.05) is 189 Å². The zero-order chi connectivity index (χ0) is 73.8. The fourth-order valence-corrected chi connectivity index (χ4v) is 10.2. The van der Waals surface area contributed by atoms with Crippen LogP contribution in [-0.2, 0) is 0 Å². The van der Waals surface area contributed by atoms with Crippen molar-refractivity contribution in [1.29, 1.82) is 0 Å². The van der Waals surface area contributed by atoms with Crippen molar-refractivity contribution in [2.45, 2.75) is 37.4 Å². The smallest absolute Gasteiger partial charge is 0.240 e. The van der Waals surface area contributed by atoms with E-state index in [1.165, 1.54) is 0 Å². The molecule has 274 valence electrons. The predicted octanol–water partition coefficient (Wildman–Crippen LogP) is 10.5. The lowest BCUT2D eigenvalue weighted by molar-refractivity contribution is 0.497. The first-order valence-electron chi connectivity index (χ1n) is 36.9. The highest BCUT2D eigenvalue weighted by atomic mass is 28.3. The van der Waals surface area contributed by atoms with E-state index in [-0.39, 0.29) is 0 Å². The molecule has 0 unspecified atom stereocenters. The van der Waals surface area contributed by atoms with E-state index < -0.39 is 309 Å². The fraction of sp³-hybridized carbons (Fsp3) is 0.118. The number of nitrogens with zero attached hydrogens (tertiary/aromatic N) is 5. The second kappa shape index (κ2) is 13.8. The summed E-state index contributed by atoms with van der Waals surface area (Å²) < 4.78 is 382. The third-order valence-corrected chi connectivity index (χ3v) is 12.9. The molecule has 3 aromatic heterocycles. The Kier molecular flexibility index (Phi) is 2.90. The molecule has 0 atom stereocenters. The van der Waals surface area contributed by atoms with Crippen LogP contribution in [0, 0.1) is 0 Å². The Hall–Kier alpha value is -6.63. The van der Waals surface area contributed by atoms with Gasteiger partial charge in [-0.25, -0.2) is 0 Å². The van der Waals surface area contributed by atoms with Gasteiger partial charge in [-0.05, 0) is 45.2 Å². The van der Waals surface area contributed by atoms with Crippen molar-refractivity contribution in [2.24, 2.45) is 0 Å². The summed E-state index contributed by atoms with van der Waals surface area (Å²) in [5.74, 6) is -4.01. The second-order valence-electron chi connectivity index (χ2n) is 11.8. The van der Waals surface area contributed by atoms with Crippen LogP contribution in [0.2, 0.25) is 5.52 Å². The Morgan fingerprint density at radius 2 is 0.860 bits per heavy atom. The molecule has 10 aromatic rings. The molecule has 1 saturated carbocycles. The van der Waals surface area contributed by atoms with E-state index in [0.717, 1.165) is 0 Å². The standard InChI is InChI=1S/C51H41N5Si/c1-4-20-37(21-5-1)57(38-22-6-2-7-23-38,39-24-8-3-9-25-39)40-26-18-19-36(35-40)49-52-50(55-45-31-14-10-27-41(45)42-28-11-15-32-46(42)55)54-51(53-49)56-47-33-16-12-29-43(47)44-30-13-17-34-48(44)56/h1-2,4-7,10-23,26-35,39H,3,8-9,24-25H2/i1D,2D,3D2,4D,5D,6D,7D,8D2,9D2,10D,11D,12D,13D,14D,15D,16D,17D,18D,19D,20D,21D,22D,23D,24D2,25D2,26D,27D,28D,29D,30D,31D,32D,33D,34D,35D,39D. The number of aromatic nitrogens is 5. The molecule has 0 N–H and O–H groups in total. The van der Waals surface area contributed by atoms with Gasteiger partial charge in [0.1, 0.15) is 0 Å². The summed E-state index contributed by atoms with van der Waals surface area (Å²) in [4.78, 5) is 13.4. The maximum atomic E-state index is 10.9. The Morgan fingerprint density at radius 3 is 1.32 bits per heavy atom. The third kappa shape index (κ3) is 5.39.